The lowest BCUT2D eigenvalue weighted by Crippen LogP contribution is -2.27. The highest BCUT2D eigenvalue weighted by Gasteiger charge is 2.11. The molecule has 0 aliphatic rings. The van der Waals surface area contributed by atoms with Gasteiger partial charge in [-0.3, -0.25) is 0 Å². The Kier molecular flexibility index (Phi) is 5.67. The molecular weight excluding hydrogens is 220 g/mol. The van der Waals surface area contributed by atoms with Crippen LogP contribution in [0.5, 0.6) is 0 Å². The third kappa shape index (κ3) is 4.02. The Labute approximate surface area is 112 Å². The van der Waals surface area contributed by atoms with Crippen LogP contribution in [0, 0.1) is 18.8 Å². The second kappa shape index (κ2) is 6.79. The molecule has 1 aromatic carbocycles. The quantitative estimate of drug-likeness (QED) is 0.804. The van der Waals surface area contributed by atoms with Crippen LogP contribution in [0.3, 0.4) is 0 Å². The topological polar surface area (TPSA) is 38.0 Å². The van der Waals surface area contributed by atoms with Crippen LogP contribution in [0.2, 0.25) is 0 Å². The number of rotatable bonds is 6. The minimum Gasteiger partial charge on any atom is -0.384 e. The standard InChI is InChI=1S/C16H28N2/c1-11(2)14-7-6-13(5)16(8-14)18-10-15(9-17)12(3)4/h6-8,11-12,15,18H,9-10,17H2,1-5H3. The molecule has 0 amide bonds. The summed E-state index contributed by atoms with van der Waals surface area (Å²) < 4.78 is 0. The Balaban J connectivity index is 2.74. The molecule has 18 heavy (non-hydrogen) atoms. The largest absolute Gasteiger partial charge is 0.384 e. The summed E-state index contributed by atoms with van der Waals surface area (Å²) in [6.45, 7) is 12.8. The molecule has 0 spiro atoms. The molecule has 2 heteroatoms. The Hall–Kier alpha value is -1.02. The summed E-state index contributed by atoms with van der Waals surface area (Å²) in [4.78, 5) is 0. The van der Waals surface area contributed by atoms with Crippen molar-refractivity contribution in [3.05, 3.63) is 29.3 Å². The van der Waals surface area contributed by atoms with Crippen LogP contribution in [0.25, 0.3) is 0 Å². The van der Waals surface area contributed by atoms with Crippen molar-refractivity contribution in [2.75, 3.05) is 18.4 Å². The molecule has 102 valence electrons. The molecule has 0 heterocycles. The third-order valence-corrected chi connectivity index (χ3v) is 3.73. The number of aryl methyl sites for hydroxylation is 1. The minimum absolute atomic E-state index is 0.534. The van der Waals surface area contributed by atoms with Gasteiger partial charge in [-0.1, -0.05) is 39.8 Å². The fraction of sp³-hybridized carbons (Fsp3) is 0.625. The fourth-order valence-electron chi connectivity index (χ4n) is 2.02. The molecule has 0 fully saturated rings. The van der Waals surface area contributed by atoms with E-state index < -0.39 is 0 Å². The van der Waals surface area contributed by atoms with E-state index in [-0.39, 0.29) is 0 Å². The molecule has 0 radical (unpaired) electrons. The summed E-state index contributed by atoms with van der Waals surface area (Å²) >= 11 is 0. The van der Waals surface area contributed by atoms with Crippen LogP contribution in [0.4, 0.5) is 5.69 Å². The molecule has 1 unspecified atom stereocenters. The number of hydrogen-bond donors (Lipinski definition) is 2. The normalized spacial score (nSPS) is 13.1. The van der Waals surface area contributed by atoms with Gasteiger partial charge in [0.2, 0.25) is 0 Å². The van der Waals surface area contributed by atoms with Gasteiger partial charge < -0.3 is 11.1 Å². The van der Waals surface area contributed by atoms with E-state index in [2.05, 4.69) is 58.1 Å². The zero-order valence-corrected chi connectivity index (χ0v) is 12.5. The molecule has 0 saturated heterocycles. The summed E-state index contributed by atoms with van der Waals surface area (Å²) in [5, 5.41) is 3.56. The summed E-state index contributed by atoms with van der Waals surface area (Å²) in [5.41, 5.74) is 9.75. The molecule has 0 saturated carbocycles. The second-order valence-electron chi connectivity index (χ2n) is 5.85. The van der Waals surface area contributed by atoms with Crippen LogP contribution < -0.4 is 11.1 Å². The molecule has 0 aromatic heterocycles. The van der Waals surface area contributed by atoms with E-state index in [9.17, 15) is 0 Å². The van der Waals surface area contributed by atoms with Crippen LogP contribution in [0.1, 0.15) is 44.7 Å². The molecule has 0 aliphatic heterocycles. The van der Waals surface area contributed by atoms with E-state index >= 15 is 0 Å². The number of nitrogens with one attached hydrogen (secondary N) is 1. The van der Waals surface area contributed by atoms with Gasteiger partial charge in [0.25, 0.3) is 0 Å². The molecule has 1 aromatic rings. The molecule has 0 aliphatic carbocycles. The maximum absolute atomic E-state index is 5.81. The van der Waals surface area contributed by atoms with Gasteiger partial charge in [0.1, 0.15) is 0 Å². The monoisotopic (exact) mass is 248 g/mol. The highest BCUT2D eigenvalue weighted by atomic mass is 14.9. The van der Waals surface area contributed by atoms with E-state index in [4.69, 9.17) is 5.73 Å². The van der Waals surface area contributed by atoms with Crippen LogP contribution >= 0.6 is 0 Å². The van der Waals surface area contributed by atoms with Crippen molar-refractivity contribution >= 4 is 5.69 Å². The van der Waals surface area contributed by atoms with Crippen molar-refractivity contribution in [2.24, 2.45) is 17.6 Å². The Bertz CT molecular complexity index is 369. The van der Waals surface area contributed by atoms with Gasteiger partial charge in [-0.05, 0) is 48.4 Å². The first-order valence-corrected chi connectivity index (χ1v) is 7.00. The van der Waals surface area contributed by atoms with E-state index in [1.54, 1.807) is 0 Å². The molecule has 1 rings (SSSR count). The first kappa shape index (κ1) is 15.0. The predicted molar refractivity (Wildman–Crippen MR) is 81.1 cm³/mol. The molecule has 0 bridgehead atoms. The van der Waals surface area contributed by atoms with Gasteiger partial charge in [-0.25, -0.2) is 0 Å². The number of hydrogen-bond acceptors (Lipinski definition) is 2. The summed E-state index contributed by atoms with van der Waals surface area (Å²) in [6.07, 6.45) is 0. The van der Waals surface area contributed by atoms with Gasteiger partial charge in [0, 0.05) is 12.2 Å². The highest BCUT2D eigenvalue weighted by molar-refractivity contribution is 5.53. The summed E-state index contributed by atoms with van der Waals surface area (Å²) in [6, 6.07) is 6.69. The number of benzene rings is 1. The zero-order valence-electron chi connectivity index (χ0n) is 12.5. The average molecular weight is 248 g/mol. The van der Waals surface area contributed by atoms with Crippen molar-refractivity contribution in [2.45, 2.75) is 40.5 Å². The van der Waals surface area contributed by atoms with E-state index in [1.165, 1.54) is 16.8 Å². The second-order valence-corrected chi connectivity index (χ2v) is 5.85. The van der Waals surface area contributed by atoms with Crippen LogP contribution in [0.15, 0.2) is 18.2 Å². The molecule has 1 atom stereocenters. The molecule has 3 N–H and O–H groups in total. The average Bonchev–Trinajstić information content (AvgIpc) is 2.31. The van der Waals surface area contributed by atoms with E-state index in [1.807, 2.05) is 0 Å². The maximum atomic E-state index is 5.81. The minimum atomic E-state index is 0.534. The van der Waals surface area contributed by atoms with Crippen molar-refractivity contribution in [1.29, 1.82) is 0 Å². The zero-order chi connectivity index (χ0) is 13.7. The maximum Gasteiger partial charge on any atom is 0.0372 e. The van der Waals surface area contributed by atoms with Crippen molar-refractivity contribution in [3.8, 4) is 0 Å². The van der Waals surface area contributed by atoms with Gasteiger partial charge >= 0.3 is 0 Å². The fourth-order valence-corrected chi connectivity index (χ4v) is 2.02. The third-order valence-electron chi connectivity index (χ3n) is 3.73. The Morgan fingerprint density at radius 2 is 1.83 bits per heavy atom. The van der Waals surface area contributed by atoms with Gasteiger partial charge in [0.05, 0.1) is 0 Å². The lowest BCUT2D eigenvalue weighted by atomic mass is 9.95. The lowest BCUT2D eigenvalue weighted by Gasteiger charge is -2.21. The van der Waals surface area contributed by atoms with Crippen molar-refractivity contribution in [1.82, 2.24) is 0 Å². The van der Waals surface area contributed by atoms with Crippen molar-refractivity contribution < 1.29 is 0 Å². The van der Waals surface area contributed by atoms with Gasteiger partial charge in [-0.2, -0.15) is 0 Å². The van der Waals surface area contributed by atoms with E-state index in [0.717, 1.165) is 13.1 Å². The lowest BCUT2D eigenvalue weighted by molar-refractivity contribution is 0.413. The van der Waals surface area contributed by atoms with Gasteiger partial charge in [-0.15, -0.1) is 0 Å². The predicted octanol–water partition coefficient (Wildman–Crippen LogP) is 3.76. The summed E-state index contributed by atoms with van der Waals surface area (Å²) in [5.74, 6) is 1.73. The number of anilines is 1. The van der Waals surface area contributed by atoms with E-state index in [0.29, 0.717) is 17.8 Å². The van der Waals surface area contributed by atoms with Gasteiger partial charge in [0.15, 0.2) is 0 Å². The SMILES string of the molecule is Cc1ccc(C(C)C)cc1NCC(CN)C(C)C. The number of nitrogens with two attached hydrogens (primary N) is 1. The Morgan fingerprint density at radius 3 is 2.33 bits per heavy atom. The van der Waals surface area contributed by atoms with Crippen LogP contribution in [-0.2, 0) is 0 Å². The Morgan fingerprint density at radius 1 is 1.17 bits per heavy atom. The first-order chi connectivity index (χ1) is 8.45. The summed E-state index contributed by atoms with van der Waals surface area (Å²) in [7, 11) is 0. The first-order valence-electron chi connectivity index (χ1n) is 7.00. The van der Waals surface area contributed by atoms with Crippen molar-refractivity contribution in [3.63, 3.8) is 0 Å². The molecule has 2 nitrogen and oxygen atoms in total. The highest BCUT2D eigenvalue weighted by Crippen LogP contribution is 2.23. The smallest absolute Gasteiger partial charge is 0.0372 e. The molecular formula is C16H28N2. The van der Waals surface area contributed by atoms with Crippen LogP contribution in [-0.4, -0.2) is 13.1 Å².